The van der Waals surface area contributed by atoms with Gasteiger partial charge in [0.2, 0.25) is 0 Å². The molecule has 1 saturated heterocycles. The third-order valence-corrected chi connectivity index (χ3v) is 2.71. The van der Waals surface area contributed by atoms with Crippen LogP contribution in [0.25, 0.3) is 0 Å². The van der Waals surface area contributed by atoms with Crippen molar-refractivity contribution in [2.45, 2.75) is 44.6 Å². The monoisotopic (exact) mass is 255 g/mol. The number of nitriles is 1. The molecule has 0 bridgehead atoms. The first kappa shape index (κ1) is 14.4. The van der Waals surface area contributed by atoms with Crippen LogP contribution < -0.4 is 11.1 Å². The van der Waals surface area contributed by atoms with Gasteiger partial charge in [0.05, 0.1) is 24.6 Å². The van der Waals surface area contributed by atoms with Gasteiger partial charge in [-0.2, -0.15) is 5.26 Å². The first-order valence-electron chi connectivity index (χ1n) is 5.67. The van der Waals surface area contributed by atoms with Gasteiger partial charge >= 0.3 is 11.9 Å². The van der Waals surface area contributed by atoms with Gasteiger partial charge < -0.3 is 20.5 Å². The molecule has 0 spiro atoms. The molecule has 0 amide bonds. The van der Waals surface area contributed by atoms with Gasteiger partial charge in [0.15, 0.2) is 12.2 Å². The Bertz CT molecular complexity index is 366. The van der Waals surface area contributed by atoms with Crippen LogP contribution in [0.15, 0.2) is 0 Å². The lowest BCUT2D eigenvalue weighted by Gasteiger charge is -2.23. The van der Waals surface area contributed by atoms with E-state index in [2.05, 4.69) is 5.32 Å². The van der Waals surface area contributed by atoms with Crippen molar-refractivity contribution >= 4 is 11.9 Å². The molecule has 0 aliphatic carbocycles. The Morgan fingerprint density at radius 3 is 2.11 bits per heavy atom. The van der Waals surface area contributed by atoms with Crippen molar-refractivity contribution in [2.75, 3.05) is 6.54 Å². The maximum absolute atomic E-state index is 11.1. The SMILES string of the molecule is CC(=O)O[C@H]1[C@H](OC(C)=O)[C@@H](CN)N[C@H]1CC#N. The highest BCUT2D eigenvalue weighted by molar-refractivity contribution is 5.67. The molecule has 0 unspecified atom stereocenters. The van der Waals surface area contributed by atoms with Gasteiger partial charge in [0, 0.05) is 20.4 Å². The Morgan fingerprint density at radius 2 is 1.72 bits per heavy atom. The maximum Gasteiger partial charge on any atom is 0.303 e. The number of rotatable bonds is 4. The molecule has 0 radical (unpaired) electrons. The summed E-state index contributed by atoms with van der Waals surface area (Å²) in [5, 5.41) is 11.8. The number of hydrogen-bond acceptors (Lipinski definition) is 7. The maximum atomic E-state index is 11.1. The largest absolute Gasteiger partial charge is 0.457 e. The van der Waals surface area contributed by atoms with E-state index in [-0.39, 0.29) is 25.0 Å². The number of nitrogens with one attached hydrogen (secondary N) is 1. The quantitative estimate of drug-likeness (QED) is 0.623. The molecule has 100 valence electrons. The second-order valence-electron chi connectivity index (χ2n) is 4.13. The van der Waals surface area contributed by atoms with Gasteiger partial charge in [-0.3, -0.25) is 9.59 Å². The lowest BCUT2D eigenvalue weighted by atomic mass is 10.1. The number of nitrogens with two attached hydrogens (primary N) is 1. The van der Waals surface area contributed by atoms with Crippen LogP contribution in [0.4, 0.5) is 0 Å². The summed E-state index contributed by atoms with van der Waals surface area (Å²) < 4.78 is 10.3. The predicted molar refractivity (Wildman–Crippen MR) is 61.1 cm³/mol. The van der Waals surface area contributed by atoms with E-state index < -0.39 is 24.1 Å². The lowest BCUT2D eigenvalue weighted by molar-refractivity contribution is -0.163. The topological polar surface area (TPSA) is 114 Å². The van der Waals surface area contributed by atoms with Crippen LogP contribution in [-0.2, 0) is 19.1 Å². The number of carbonyl (C=O) groups is 2. The number of esters is 2. The van der Waals surface area contributed by atoms with E-state index in [1.807, 2.05) is 6.07 Å². The average Bonchev–Trinajstić information content (AvgIpc) is 2.57. The zero-order chi connectivity index (χ0) is 13.7. The molecular weight excluding hydrogens is 238 g/mol. The summed E-state index contributed by atoms with van der Waals surface area (Å²) in [5.74, 6) is -0.963. The van der Waals surface area contributed by atoms with Crippen molar-refractivity contribution < 1.29 is 19.1 Å². The van der Waals surface area contributed by atoms with Crippen molar-refractivity contribution in [3.8, 4) is 6.07 Å². The highest BCUT2D eigenvalue weighted by atomic mass is 16.6. The minimum absolute atomic E-state index is 0.145. The standard InChI is InChI=1S/C11H17N3O4/c1-6(15)17-10-8(3-4-12)14-9(5-13)11(10)18-7(2)16/h8-11,14H,3,5,13H2,1-2H3/t8-,9+,10+,11+/m0/s1. The number of hydrogen-bond donors (Lipinski definition) is 2. The molecule has 7 nitrogen and oxygen atoms in total. The smallest absolute Gasteiger partial charge is 0.303 e. The Labute approximate surface area is 105 Å². The molecular formula is C11H17N3O4. The predicted octanol–water partition coefficient (Wildman–Crippen LogP) is -0.937. The molecule has 1 heterocycles. The summed E-state index contributed by atoms with van der Waals surface area (Å²) in [6, 6.07) is 1.30. The van der Waals surface area contributed by atoms with Crippen molar-refractivity contribution in [1.29, 1.82) is 5.26 Å². The first-order valence-corrected chi connectivity index (χ1v) is 5.67. The average molecular weight is 255 g/mol. The molecule has 4 atom stereocenters. The summed E-state index contributed by atoms with van der Waals surface area (Å²) in [4.78, 5) is 22.1. The Kier molecular flexibility index (Phi) is 5.07. The molecule has 18 heavy (non-hydrogen) atoms. The molecule has 1 aliphatic rings. The van der Waals surface area contributed by atoms with Crippen LogP contribution in [0, 0.1) is 11.3 Å². The van der Waals surface area contributed by atoms with Crippen molar-refractivity contribution in [3.05, 3.63) is 0 Å². The second-order valence-corrected chi connectivity index (χ2v) is 4.13. The second kappa shape index (κ2) is 6.33. The summed E-state index contributed by atoms with van der Waals surface area (Å²) >= 11 is 0. The number of carbonyl (C=O) groups excluding carboxylic acids is 2. The molecule has 3 N–H and O–H groups in total. The summed E-state index contributed by atoms with van der Waals surface area (Å²) in [7, 11) is 0. The molecule has 7 heteroatoms. The van der Waals surface area contributed by atoms with Gasteiger partial charge in [-0.05, 0) is 0 Å². The van der Waals surface area contributed by atoms with E-state index in [1.165, 1.54) is 13.8 Å². The molecule has 0 aromatic heterocycles. The Balaban J connectivity index is 2.87. The third kappa shape index (κ3) is 3.42. The summed E-state index contributed by atoms with van der Waals surface area (Å²) in [6.45, 7) is 2.76. The molecule has 0 aromatic rings. The van der Waals surface area contributed by atoms with Crippen molar-refractivity contribution in [1.82, 2.24) is 5.32 Å². The summed E-state index contributed by atoms with van der Waals surface area (Å²) in [5.41, 5.74) is 5.57. The molecule has 1 aliphatic heterocycles. The van der Waals surface area contributed by atoms with Gasteiger partial charge in [-0.25, -0.2) is 0 Å². The summed E-state index contributed by atoms with van der Waals surface area (Å²) in [6.07, 6.45) is -1.19. The highest BCUT2D eigenvalue weighted by Crippen LogP contribution is 2.23. The van der Waals surface area contributed by atoms with Crippen LogP contribution in [0.3, 0.4) is 0 Å². The number of nitrogens with zero attached hydrogens (tertiary/aromatic N) is 1. The van der Waals surface area contributed by atoms with E-state index >= 15 is 0 Å². The molecule has 0 saturated carbocycles. The van der Waals surface area contributed by atoms with Crippen LogP contribution in [0.1, 0.15) is 20.3 Å². The fraction of sp³-hybridized carbons (Fsp3) is 0.727. The van der Waals surface area contributed by atoms with Crippen LogP contribution in [0.5, 0.6) is 0 Å². The fourth-order valence-corrected chi connectivity index (χ4v) is 2.08. The van der Waals surface area contributed by atoms with Gasteiger partial charge in [0.25, 0.3) is 0 Å². The van der Waals surface area contributed by atoms with Crippen LogP contribution in [0.2, 0.25) is 0 Å². The molecule has 1 fully saturated rings. The van der Waals surface area contributed by atoms with Crippen molar-refractivity contribution in [3.63, 3.8) is 0 Å². The Morgan fingerprint density at radius 1 is 1.22 bits per heavy atom. The fourth-order valence-electron chi connectivity index (χ4n) is 2.08. The Hall–Kier alpha value is -1.65. The highest BCUT2D eigenvalue weighted by Gasteiger charge is 2.46. The minimum atomic E-state index is -0.681. The van der Waals surface area contributed by atoms with E-state index in [4.69, 9.17) is 20.5 Å². The van der Waals surface area contributed by atoms with E-state index in [0.717, 1.165) is 0 Å². The van der Waals surface area contributed by atoms with Gasteiger partial charge in [-0.1, -0.05) is 0 Å². The van der Waals surface area contributed by atoms with E-state index in [9.17, 15) is 9.59 Å². The zero-order valence-corrected chi connectivity index (χ0v) is 10.4. The first-order chi connectivity index (χ1) is 8.49. The third-order valence-electron chi connectivity index (χ3n) is 2.71. The molecule has 1 rings (SSSR count). The van der Waals surface area contributed by atoms with Crippen LogP contribution >= 0.6 is 0 Å². The number of ether oxygens (including phenoxy) is 2. The van der Waals surface area contributed by atoms with Gasteiger partial charge in [-0.15, -0.1) is 0 Å². The zero-order valence-electron chi connectivity index (χ0n) is 10.4. The van der Waals surface area contributed by atoms with Gasteiger partial charge in [0.1, 0.15) is 0 Å². The van der Waals surface area contributed by atoms with E-state index in [0.29, 0.717) is 0 Å². The van der Waals surface area contributed by atoms with E-state index in [1.54, 1.807) is 0 Å². The van der Waals surface area contributed by atoms with Crippen LogP contribution in [-0.4, -0.2) is 42.8 Å². The normalized spacial score (nSPS) is 30.6. The molecule has 0 aromatic carbocycles. The van der Waals surface area contributed by atoms with Crippen molar-refractivity contribution in [2.24, 2.45) is 5.73 Å². The minimum Gasteiger partial charge on any atom is -0.457 e. The lowest BCUT2D eigenvalue weighted by Crippen LogP contribution is -2.43.